The molecule has 3 heteroatoms. The number of halogens is 1. The molecule has 0 saturated carbocycles. The van der Waals surface area contributed by atoms with Crippen molar-refractivity contribution in [3.8, 4) is 0 Å². The molecule has 1 saturated heterocycles. The Kier molecular flexibility index (Phi) is 4.12. The van der Waals surface area contributed by atoms with Gasteiger partial charge >= 0.3 is 0 Å². The van der Waals surface area contributed by atoms with Gasteiger partial charge in [-0.2, -0.15) is 0 Å². The summed E-state index contributed by atoms with van der Waals surface area (Å²) in [6.45, 7) is 1.22. The highest BCUT2D eigenvalue weighted by Crippen LogP contribution is 2.29. The number of pyridine rings is 1. The predicted molar refractivity (Wildman–Crippen MR) is 64.3 cm³/mol. The summed E-state index contributed by atoms with van der Waals surface area (Å²) in [7, 11) is 2.19. The second kappa shape index (κ2) is 4.91. The standard InChI is InChI=1S/C10H14N2.HI/c1-12-7-3-5-10(12)9-4-2-6-11-8-9;/h2,4,6,8,10H,3,5,7H2,1H3;1H. The summed E-state index contributed by atoms with van der Waals surface area (Å²) in [5.41, 5.74) is 1.36. The normalized spacial score (nSPS) is 22.7. The van der Waals surface area contributed by atoms with Gasteiger partial charge in [-0.15, -0.1) is 24.0 Å². The van der Waals surface area contributed by atoms with E-state index in [1.54, 1.807) is 0 Å². The van der Waals surface area contributed by atoms with Crippen molar-refractivity contribution in [2.24, 2.45) is 0 Å². The first kappa shape index (κ1) is 10.9. The van der Waals surface area contributed by atoms with E-state index >= 15 is 0 Å². The Labute approximate surface area is 96.4 Å². The van der Waals surface area contributed by atoms with Crippen LogP contribution < -0.4 is 0 Å². The summed E-state index contributed by atoms with van der Waals surface area (Å²) in [6, 6.07) is 4.79. The van der Waals surface area contributed by atoms with Crippen molar-refractivity contribution in [1.29, 1.82) is 0 Å². The minimum atomic E-state index is 0. The van der Waals surface area contributed by atoms with Crippen LogP contribution in [0.4, 0.5) is 0 Å². The first-order chi connectivity index (χ1) is 5.88. The monoisotopic (exact) mass is 290 g/mol. The van der Waals surface area contributed by atoms with Gasteiger partial charge in [0.15, 0.2) is 0 Å². The third kappa shape index (κ3) is 2.40. The van der Waals surface area contributed by atoms with Crippen molar-refractivity contribution in [3.05, 3.63) is 30.1 Å². The van der Waals surface area contributed by atoms with Crippen molar-refractivity contribution in [1.82, 2.24) is 9.88 Å². The Hall–Kier alpha value is -0.160. The lowest BCUT2D eigenvalue weighted by molar-refractivity contribution is 0.317. The number of hydrogen-bond acceptors (Lipinski definition) is 2. The number of hydrogen-bond donors (Lipinski definition) is 0. The molecule has 1 aliphatic rings. The molecule has 1 aromatic rings. The fourth-order valence-electron chi connectivity index (χ4n) is 1.90. The molecule has 0 bridgehead atoms. The van der Waals surface area contributed by atoms with Crippen LogP contribution >= 0.6 is 24.0 Å². The van der Waals surface area contributed by atoms with Gasteiger partial charge in [-0.25, -0.2) is 0 Å². The zero-order valence-corrected chi connectivity index (χ0v) is 10.1. The van der Waals surface area contributed by atoms with E-state index in [9.17, 15) is 0 Å². The molecule has 0 amide bonds. The van der Waals surface area contributed by atoms with Crippen LogP contribution in [0.2, 0.25) is 0 Å². The van der Waals surface area contributed by atoms with E-state index in [0.29, 0.717) is 6.04 Å². The molecular formula is C10H15IN2. The predicted octanol–water partition coefficient (Wildman–Crippen LogP) is 2.47. The van der Waals surface area contributed by atoms with Crippen molar-refractivity contribution in [2.75, 3.05) is 13.6 Å². The van der Waals surface area contributed by atoms with E-state index in [0.717, 1.165) is 0 Å². The van der Waals surface area contributed by atoms with Crippen LogP contribution in [0, 0.1) is 0 Å². The van der Waals surface area contributed by atoms with Crippen LogP contribution in [0.3, 0.4) is 0 Å². The van der Waals surface area contributed by atoms with Gasteiger partial charge in [0.25, 0.3) is 0 Å². The maximum atomic E-state index is 4.14. The highest BCUT2D eigenvalue weighted by Gasteiger charge is 2.21. The average molecular weight is 290 g/mol. The molecule has 2 heterocycles. The largest absolute Gasteiger partial charge is 0.299 e. The van der Waals surface area contributed by atoms with Crippen molar-refractivity contribution < 1.29 is 0 Å². The first-order valence-electron chi connectivity index (χ1n) is 4.48. The first-order valence-corrected chi connectivity index (χ1v) is 4.48. The molecule has 0 aliphatic carbocycles. The lowest BCUT2D eigenvalue weighted by Crippen LogP contribution is -2.17. The van der Waals surface area contributed by atoms with E-state index in [-0.39, 0.29) is 24.0 Å². The van der Waals surface area contributed by atoms with Crippen LogP contribution in [0.15, 0.2) is 24.5 Å². The van der Waals surface area contributed by atoms with Gasteiger partial charge in [0.1, 0.15) is 0 Å². The molecule has 2 rings (SSSR count). The SMILES string of the molecule is CN1CCCC1c1cccnc1.I. The minimum absolute atomic E-state index is 0. The van der Waals surface area contributed by atoms with Crippen molar-refractivity contribution in [3.63, 3.8) is 0 Å². The topological polar surface area (TPSA) is 16.1 Å². The number of aromatic nitrogens is 1. The Morgan fingerprint density at radius 2 is 2.38 bits per heavy atom. The maximum absolute atomic E-state index is 4.14. The summed E-state index contributed by atoms with van der Waals surface area (Å²) in [6.07, 6.45) is 6.41. The average Bonchev–Trinajstić information content (AvgIpc) is 2.53. The molecule has 72 valence electrons. The highest BCUT2D eigenvalue weighted by molar-refractivity contribution is 14.0. The van der Waals surface area contributed by atoms with Gasteiger partial charge in [0, 0.05) is 18.4 Å². The van der Waals surface area contributed by atoms with Gasteiger partial charge in [-0.05, 0) is 38.1 Å². The molecule has 1 atom stereocenters. The van der Waals surface area contributed by atoms with Crippen molar-refractivity contribution >= 4 is 24.0 Å². The molecule has 1 fully saturated rings. The van der Waals surface area contributed by atoms with Crippen LogP contribution in [-0.4, -0.2) is 23.5 Å². The smallest absolute Gasteiger partial charge is 0.0360 e. The van der Waals surface area contributed by atoms with Gasteiger partial charge < -0.3 is 0 Å². The van der Waals surface area contributed by atoms with Crippen LogP contribution in [-0.2, 0) is 0 Å². The van der Waals surface area contributed by atoms with E-state index in [1.165, 1.54) is 24.9 Å². The van der Waals surface area contributed by atoms with Gasteiger partial charge in [-0.3, -0.25) is 9.88 Å². The molecule has 2 nitrogen and oxygen atoms in total. The van der Waals surface area contributed by atoms with Gasteiger partial charge in [0.05, 0.1) is 0 Å². The molecule has 0 radical (unpaired) electrons. The number of rotatable bonds is 1. The van der Waals surface area contributed by atoms with Gasteiger partial charge in [0.2, 0.25) is 0 Å². The van der Waals surface area contributed by atoms with E-state index in [4.69, 9.17) is 0 Å². The van der Waals surface area contributed by atoms with Crippen LogP contribution in [0.25, 0.3) is 0 Å². The summed E-state index contributed by atoms with van der Waals surface area (Å²) < 4.78 is 0. The molecule has 0 aromatic carbocycles. The third-order valence-electron chi connectivity index (χ3n) is 2.59. The fourth-order valence-corrected chi connectivity index (χ4v) is 1.90. The molecule has 1 aromatic heterocycles. The Balaban J connectivity index is 0.000000845. The fraction of sp³-hybridized carbons (Fsp3) is 0.500. The molecule has 13 heavy (non-hydrogen) atoms. The lowest BCUT2D eigenvalue weighted by atomic mass is 10.1. The maximum Gasteiger partial charge on any atom is 0.0360 e. The molecule has 1 unspecified atom stereocenters. The Morgan fingerprint density at radius 3 is 2.92 bits per heavy atom. The summed E-state index contributed by atoms with van der Waals surface area (Å²) in [4.78, 5) is 6.54. The summed E-state index contributed by atoms with van der Waals surface area (Å²) in [5.74, 6) is 0. The van der Waals surface area contributed by atoms with E-state index in [2.05, 4.69) is 23.0 Å². The van der Waals surface area contributed by atoms with Gasteiger partial charge in [-0.1, -0.05) is 6.07 Å². The van der Waals surface area contributed by atoms with Crippen LogP contribution in [0.5, 0.6) is 0 Å². The molecule has 1 aliphatic heterocycles. The Morgan fingerprint density at radius 1 is 1.54 bits per heavy atom. The minimum Gasteiger partial charge on any atom is -0.299 e. The van der Waals surface area contributed by atoms with Crippen molar-refractivity contribution in [2.45, 2.75) is 18.9 Å². The van der Waals surface area contributed by atoms with E-state index in [1.807, 2.05) is 18.5 Å². The highest BCUT2D eigenvalue weighted by atomic mass is 127. The summed E-state index contributed by atoms with van der Waals surface area (Å²) >= 11 is 0. The second-order valence-electron chi connectivity index (χ2n) is 3.42. The number of nitrogens with zero attached hydrogens (tertiary/aromatic N) is 2. The van der Waals surface area contributed by atoms with Crippen LogP contribution in [0.1, 0.15) is 24.4 Å². The molecule has 0 N–H and O–H groups in total. The Bertz CT molecular complexity index is 250. The number of likely N-dealkylation sites (tertiary alicyclic amines) is 1. The summed E-state index contributed by atoms with van der Waals surface area (Å²) in [5, 5.41) is 0. The molecular weight excluding hydrogens is 275 g/mol. The quantitative estimate of drug-likeness (QED) is 0.739. The zero-order chi connectivity index (χ0) is 8.39. The zero-order valence-electron chi connectivity index (χ0n) is 7.81. The van der Waals surface area contributed by atoms with E-state index < -0.39 is 0 Å². The second-order valence-corrected chi connectivity index (χ2v) is 3.42. The molecule has 0 spiro atoms. The third-order valence-corrected chi connectivity index (χ3v) is 2.59. The lowest BCUT2D eigenvalue weighted by Gasteiger charge is -2.18.